The molecule has 0 spiro atoms. The van der Waals surface area contributed by atoms with Crippen molar-refractivity contribution in [2.24, 2.45) is 5.73 Å². The van der Waals surface area contributed by atoms with E-state index >= 15 is 0 Å². The smallest absolute Gasteiger partial charge is 0.323 e. The van der Waals surface area contributed by atoms with Gasteiger partial charge in [-0.2, -0.15) is 0 Å². The van der Waals surface area contributed by atoms with Crippen molar-refractivity contribution in [3.63, 3.8) is 0 Å². The van der Waals surface area contributed by atoms with Crippen LogP contribution in [0, 0.1) is 0 Å². The molecule has 1 aliphatic rings. The van der Waals surface area contributed by atoms with Crippen LogP contribution in [0.25, 0.3) is 0 Å². The molecule has 0 heterocycles. The maximum atomic E-state index is 11.1. The summed E-state index contributed by atoms with van der Waals surface area (Å²) in [5.74, 6) is -0.944. The van der Waals surface area contributed by atoms with E-state index in [0.29, 0.717) is 52.5 Å². The minimum Gasteiger partial charge on any atom is -0.480 e. The first kappa shape index (κ1) is 18.3. The summed E-state index contributed by atoms with van der Waals surface area (Å²) in [6.45, 7) is 3.08. The number of methoxy groups -OCH3 is 1. The van der Waals surface area contributed by atoms with Gasteiger partial charge in [0.15, 0.2) is 0 Å². The Morgan fingerprint density at radius 2 is 1.81 bits per heavy atom. The normalized spacial score (nSPS) is 25.9. The van der Waals surface area contributed by atoms with E-state index in [2.05, 4.69) is 0 Å². The molecule has 0 amide bonds. The number of carbonyl (C=O) groups is 1. The summed E-state index contributed by atoms with van der Waals surface area (Å²) in [5.41, 5.74) is 4.72. The van der Waals surface area contributed by atoms with E-state index in [9.17, 15) is 4.79 Å². The average Bonchev–Trinajstić information content (AvgIpc) is 2.45. The van der Waals surface area contributed by atoms with Crippen LogP contribution in [0.2, 0.25) is 0 Å². The van der Waals surface area contributed by atoms with Crippen LogP contribution in [0.1, 0.15) is 25.7 Å². The van der Waals surface area contributed by atoms with Gasteiger partial charge in [-0.3, -0.25) is 4.79 Å². The number of ether oxygens (including phenoxy) is 4. The van der Waals surface area contributed by atoms with Gasteiger partial charge < -0.3 is 29.8 Å². The highest BCUT2D eigenvalue weighted by molar-refractivity contribution is 5.78. The molecule has 1 rings (SSSR count). The highest BCUT2D eigenvalue weighted by Crippen LogP contribution is 2.28. The number of nitrogens with two attached hydrogens (primary N) is 1. The third kappa shape index (κ3) is 7.19. The lowest BCUT2D eigenvalue weighted by atomic mass is 9.81. The minimum absolute atomic E-state index is 0.0959. The van der Waals surface area contributed by atoms with Gasteiger partial charge in [-0.15, -0.1) is 0 Å². The van der Waals surface area contributed by atoms with Crippen molar-refractivity contribution < 1.29 is 28.8 Å². The number of carboxylic acid groups (broad SMARTS) is 1. The molecule has 1 fully saturated rings. The first-order valence-corrected chi connectivity index (χ1v) is 7.37. The molecule has 0 saturated heterocycles. The summed E-state index contributed by atoms with van der Waals surface area (Å²) in [5, 5.41) is 9.12. The molecule has 1 saturated carbocycles. The standard InChI is InChI=1S/C14H27NO6/c1-18-5-6-19-7-8-20-9-10-21-12-3-2-4-14(15,11-12)13(16)17/h12H,2-11,15H2,1H3,(H,16,17). The Kier molecular flexibility index (Phi) is 8.79. The molecule has 0 radical (unpaired) electrons. The maximum Gasteiger partial charge on any atom is 0.323 e. The van der Waals surface area contributed by atoms with E-state index < -0.39 is 11.5 Å². The zero-order valence-corrected chi connectivity index (χ0v) is 12.7. The second-order valence-corrected chi connectivity index (χ2v) is 5.27. The van der Waals surface area contributed by atoms with Gasteiger partial charge in [-0.05, 0) is 19.3 Å². The van der Waals surface area contributed by atoms with Gasteiger partial charge in [0.2, 0.25) is 0 Å². The largest absolute Gasteiger partial charge is 0.480 e. The highest BCUT2D eigenvalue weighted by atomic mass is 16.6. The Labute approximate surface area is 125 Å². The Morgan fingerprint density at radius 1 is 1.19 bits per heavy atom. The quantitative estimate of drug-likeness (QED) is 0.533. The zero-order chi connectivity index (χ0) is 15.6. The van der Waals surface area contributed by atoms with E-state index in [0.717, 1.165) is 12.8 Å². The molecular weight excluding hydrogens is 278 g/mol. The highest BCUT2D eigenvalue weighted by Gasteiger charge is 2.39. The topological polar surface area (TPSA) is 100 Å². The van der Waals surface area contributed by atoms with Crippen molar-refractivity contribution in [2.75, 3.05) is 46.8 Å². The van der Waals surface area contributed by atoms with E-state index in [4.69, 9.17) is 29.8 Å². The molecule has 3 N–H and O–H groups in total. The molecule has 7 heteroatoms. The molecule has 0 bridgehead atoms. The Morgan fingerprint density at radius 3 is 2.43 bits per heavy atom. The van der Waals surface area contributed by atoms with Crippen LogP contribution in [-0.4, -0.2) is 69.5 Å². The average molecular weight is 305 g/mol. The molecule has 0 aromatic rings. The second-order valence-electron chi connectivity index (χ2n) is 5.27. The fourth-order valence-corrected chi connectivity index (χ4v) is 2.33. The first-order chi connectivity index (χ1) is 10.1. The monoisotopic (exact) mass is 305 g/mol. The van der Waals surface area contributed by atoms with Gasteiger partial charge in [0, 0.05) is 13.5 Å². The molecule has 0 aromatic carbocycles. The fourth-order valence-electron chi connectivity index (χ4n) is 2.33. The van der Waals surface area contributed by atoms with Gasteiger partial charge in [0.25, 0.3) is 0 Å². The predicted octanol–water partition coefficient (Wildman–Crippen LogP) is 0.407. The Bertz CT molecular complexity index is 301. The van der Waals surface area contributed by atoms with Crippen molar-refractivity contribution >= 4 is 5.97 Å². The third-order valence-electron chi connectivity index (χ3n) is 3.55. The van der Waals surface area contributed by atoms with Crippen molar-refractivity contribution in [1.29, 1.82) is 0 Å². The fraction of sp³-hybridized carbons (Fsp3) is 0.929. The Hall–Kier alpha value is -0.730. The predicted molar refractivity (Wildman–Crippen MR) is 76.3 cm³/mol. The minimum atomic E-state index is -1.14. The van der Waals surface area contributed by atoms with E-state index in [1.54, 1.807) is 7.11 Å². The lowest BCUT2D eigenvalue weighted by Gasteiger charge is -2.34. The summed E-state index contributed by atoms with van der Waals surface area (Å²) in [7, 11) is 1.63. The molecule has 7 nitrogen and oxygen atoms in total. The maximum absolute atomic E-state index is 11.1. The van der Waals surface area contributed by atoms with Crippen LogP contribution in [0.15, 0.2) is 0 Å². The van der Waals surface area contributed by atoms with Gasteiger partial charge in [0.05, 0.1) is 45.7 Å². The second kappa shape index (κ2) is 10.1. The van der Waals surface area contributed by atoms with Gasteiger partial charge in [-0.25, -0.2) is 0 Å². The number of hydrogen-bond donors (Lipinski definition) is 2. The lowest BCUT2D eigenvalue weighted by Crippen LogP contribution is -2.52. The molecule has 124 valence electrons. The molecule has 0 aliphatic heterocycles. The van der Waals surface area contributed by atoms with E-state index in [-0.39, 0.29) is 6.10 Å². The molecule has 21 heavy (non-hydrogen) atoms. The molecule has 2 atom stereocenters. The van der Waals surface area contributed by atoms with Crippen LogP contribution in [0.4, 0.5) is 0 Å². The number of rotatable bonds is 11. The summed E-state index contributed by atoms with van der Waals surface area (Å²) < 4.78 is 21.1. The van der Waals surface area contributed by atoms with E-state index in [1.807, 2.05) is 0 Å². The van der Waals surface area contributed by atoms with Crippen molar-refractivity contribution in [3.05, 3.63) is 0 Å². The Balaban J connectivity index is 2.01. The summed E-state index contributed by atoms with van der Waals surface area (Å²) in [6.07, 6.45) is 2.41. The SMILES string of the molecule is COCCOCCOCCOC1CCCC(N)(C(=O)O)C1. The third-order valence-corrected chi connectivity index (χ3v) is 3.55. The number of hydrogen-bond acceptors (Lipinski definition) is 6. The number of carboxylic acids is 1. The zero-order valence-electron chi connectivity index (χ0n) is 12.7. The molecular formula is C14H27NO6. The van der Waals surface area contributed by atoms with Gasteiger partial charge >= 0.3 is 5.97 Å². The first-order valence-electron chi connectivity index (χ1n) is 7.37. The van der Waals surface area contributed by atoms with E-state index in [1.165, 1.54) is 0 Å². The summed E-state index contributed by atoms with van der Waals surface area (Å²) in [4.78, 5) is 11.1. The van der Waals surface area contributed by atoms with Crippen molar-refractivity contribution in [2.45, 2.75) is 37.3 Å². The van der Waals surface area contributed by atoms with Crippen molar-refractivity contribution in [1.82, 2.24) is 0 Å². The van der Waals surface area contributed by atoms with Crippen LogP contribution in [-0.2, 0) is 23.7 Å². The van der Waals surface area contributed by atoms with Gasteiger partial charge in [0.1, 0.15) is 5.54 Å². The van der Waals surface area contributed by atoms with Gasteiger partial charge in [-0.1, -0.05) is 0 Å². The van der Waals surface area contributed by atoms with Crippen LogP contribution >= 0.6 is 0 Å². The van der Waals surface area contributed by atoms with Crippen molar-refractivity contribution in [3.8, 4) is 0 Å². The summed E-state index contributed by atoms with van der Waals surface area (Å²) in [6, 6.07) is 0. The lowest BCUT2D eigenvalue weighted by molar-refractivity contribution is -0.147. The molecule has 2 unspecified atom stereocenters. The van der Waals surface area contributed by atoms with Crippen LogP contribution in [0.5, 0.6) is 0 Å². The summed E-state index contributed by atoms with van der Waals surface area (Å²) >= 11 is 0. The molecule has 0 aromatic heterocycles. The number of aliphatic carboxylic acids is 1. The van der Waals surface area contributed by atoms with Crippen LogP contribution in [0.3, 0.4) is 0 Å². The molecule has 1 aliphatic carbocycles. The van der Waals surface area contributed by atoms with Crippen LogP contribution < -0.4 is 5.73 Å².